The van der Waals surface area contributed by atoms with Crippen LogP contribution in [0, 0.1) is 0 Å². The first-order valence-electron chi connectivity index (χ1n) is 12.3. The summed E-state index contributed by atoms with van der Waals surface area (Å²) >= 11 is 0. The average molecular weight is 544 g/mol. The van der Waals surface area contributed by atoms with Gasteiger partial charge in [-0.3, -0.25) is 4.79 Å². The number of fused-ring (bicyclic) bond motifs is 1. The fraction of sp³-hybridized carbons (Fsp3) is 0.286. The summed E-state index contributed by atoms with van der Waals surface area (Å²) < 4.78 is 42.4. The summed E-state index contributed by atoms with van der Waals surface area (Å²) in [6.45, 7) is 3.65. The van der Waals surface area contributed by atoms with Gasteiger partial charge in [-0.15, -0.1) is 0 Å². The van der Waals surface area contributed by atoms with Crippen molar-refractivity contribution in [3.8, 4) is 22.6 Å². The number of halogens is 3. The number of amides is 1. The number of carboxylic acid groups (broad SMARTS) is 1. The van der Waals surface area contributed by atoms with Crippen molar-refractivity contribution in [1.82, 2.24) is 16.0 Å². The number of nitrogens with one attached hydrogen (secondary N) is 3. The van der Waals surface area contributed by atoms with Crippen LogP contribution in [-0.4, -0.2) is 49.1 Å². The number of carbonyl (C=O) groups excluding carboxylic acids is 1. The van der Waals surface area contributed by atoms with Gasteiger partial charge in [0.05, 0.1) is 0 Å². The molecule has 1 fully saturated rings. The summed E-state index contributed by atoms with van der Waals surface area (Å²) in [5.74, 6) is -1.61. The zero-order chi connectivity index (χ0) is 27.8. The van der Waals surface area contributed by atoms with Crippen molar-refractivity contribution in [1.29, 1.82) is 0 Å². The molecule has 39 heavy (non-hydrogen) atoms. The molecule has 2 aliphatic rings. The zero-order valence-electron chi connectivity index (χ0n) is 20.9. The summed E-state index contributed by atoms with van der Waals surface area (Å²) in [6.07, 6.45) is -3.90. The van der Waals surface area contributed by atoms with Gasteiger partial charge in [0, 0.05) is 31.2 Å². The SMILES string of the molecule is O=C(NCc1cccc(-c2cccc(CNC3CCNC3)c2)c1)c1ccc2c(c1)OCO2.O=C(O)C(F)(F)F. The Morgan fingerprint density at radius 1 is 0.923 bits per heavy atom. The molecule has 8 nitrogen and oxygen atoms in total. The van der Waals surface area contributed by atoms with Crippen LogP contribution in [-0.2, 0) is 17.9 Å². The van der Waals surface area contributed by atoms with Crippen molar-refractivity contribution in [2.75, 3.05) is 19.9 Å². The van der Waals surface area contributed by atoms with Gasteiger partial charge in [-0.05, 0) is 65.6 Å². The second-order valence-electron chi connectivity index (χ2n) is 9.03. The number of hydrogen-bond donors (Lipinski definition) is 4. The summed E-state index contributed by atoms with van der Waals surface area (Å²) in [6, 6.07) is 22.7. The maximum atomic E-state index is 12.6. The van der Waals surface area contributed by atoms with Crippen LogP contribution in [0.1, 0.15) is 27.9 Å². The number of benzene rings is 3. The van der Waals surface area contributed by atoms with E-state index in [0.717, 1.165) is 30.8 Å². The van der Waals surface area contributed by atoms with Crippen LogP contribution in [0.15, 0.2) is 66.7 Å². The van der Waals surface area contributed by atoms with Crippen molar-refractivity contribution >= 4 is 11.9 Å². The summed E-state index contributed by atoms with van der Waals surface area (Å²) in [4.78, 5) is 21.5. The Bertz CT molecular complexity index is 1310. The van der Waals surface area contributed by atoms with Gasteiger partial charge in [-0.2, -0.15) is 13.2 Å². The molecule has 1 unspecified atom stereocenters. The molecular formula is C28H28F3N3O5. The van der Waals surface area contributed by atoms with Gasteiger partial charge in [-0.1, -0.05) is 36.4 Å². The molecule has 4 N–H and O–H groups in total. The van der Waals surface area contributed by atoms with Crippen molar-refractivity contribution in [2.45, 2.75) is 31.7 Å². The first-order valence-corrected chi connectivity index (χ1v) is 12.3. The third-order valence-corrected chi connectivity index (χ3v) is 6.17. The highest BCUT2D eigenvalue weighted by molar-refractivity contribution is 5.94. The molecule has 0 aliphatic carbocycles. The molecule has 11 heteroatoms. The molecule has 1 saturated heterocycles. The number of aliphatic carboxylic acids is 1. The zero-order valence-corrected chi connectivity index (χ0v) is 20.9. The molecule has 206 valence electrons. The van der Waals surface area contributed by atoms with E-state index in [0.29, 0.717) is 29.6 Å². The van der Waals surface area contributed by atoms with Gasteiger partial charge in [-0.25, -0.2) is 4.79 Å². The molecule has 0 aromatic heterocycles. The van der Waals surface area contributed by atoms with Gasteiger partial charge in [0.25, 0.3) is 5.91 Å². The Kier molecular flexibility index (Phi) is 9.05. The van der Waals surface area contributed by atoms with Crippen LogP contribution in [0.5, 0.6) is 11.5 Å². The number of hydrogen-bond acceptors (Lipinski definition) is 6. The minimum atomic E-state index is -5.08. The van der Waals surface area contributed by atoms with Crippen molar-refractivity contribution < 1.29 is 37.3 Å². The quantitative estimate of drug-likeness (QED) is 0.355. The molecule has 0 spiro atoms. The number of alkyl halides is 3. The Labute approximate surface area is 223 Å². The summed E-state index contributed by atoms with van der Waals surface area (Å²) in [5, 5.41) is 17.1. The van der Waals surface area contributed by atoms with E-state index >= 15 is 0 Å². The van der Waals surface area contributed by atoms with E-state index < -0.39 is 12.1 Å². The molecule has 0 radical (unpaired) electrons. The lowest BCUT2D eigenvalue weighted by molar-refractivity contribution is -0.192. The molecule has 2 aliphatic heterocycles. The van der Waals surface area contributed by atoms with Crippen molar-refractivity contribution in [3.05, 3.63) is 83.4 Å². The smallest absolute Gasteiger partial charge is 0.475 e. The number of ether oxygens (including phenoxy) is 2. The van der Waals surface area contributed by atoms with E-state index in [2.05, 4.69) is 52.3 Å². The van der Waals surface area contributed by atoms with Crippen LogP contribution in [0.4, 0.5) is 13.2 Å². The average Bonchev–Trinajstić information content (AvgIpc) is 3.62. The Hall–Kier alpha value is -4.09. The summed E-state index contributed by atoms with van der Waals surface area (Å²) in [7, 11) is 0. The third-order valence-electron chi connectivity index (χ3n) is 6.17. The summed E-state index contributed by atoms with van der Waals surface area (Å²) in [5.41, 5.74) is 5.21. The van der Waals surface area contributed by atoms with Crippen LogP contribution >= 0.6 is 0 Å². The molecule has 1 atom stereocenters. The predicted octanol–water partition coefficient (Wildman–Crippen LogP) is 4.10. The molecule has 0 bridgehead atoms. The van der Waals surface area contributed by atoms with E-state index in [1.54, 1.807) is 18.2 Å². The highest BCUT2D eigenvalue weighted by Crippen LogP contribution is 2.32. The Morgan fingerprint density at radius 2 is 1.56 bits per heavy atom. The first kappa shape index (κ1) is 27.9. The molecular weight excluding hydrogens is 515 g/mol. The first-order chi connectivity index (χ1) is 18.7. The minimum absolute atomic E-state index is 0.136. The molecule has 1 amide bonds. The molecule has 5 rings (SSSR count). The topological polar surface area (TPSA) is 109 Å². The lowest BCUT2D eigenvalue weighted by Crippen LogP contribution is -2.30. The fourth-order valence-electron chi connectivity index (χ4n) is 4.13. The van der Waals surface area contributed by atoms with E-state index in [-0.39, 0.29) is 12.7 Å². The maximum Gasteiger partial charge on any atom is 0.490 e. The van der Waals surface area contributed by atoms with Gasteiger partial charge in [0.1, 0.15) is 0 Å². The highest BCUT2D eigenvalue weighted by atomic mass is 19.4. The van der Waals surface area contributed by atoms with E-state index in [4.69, 9.17) is 19.4 Å². The fourth-order valence-corrected chi connectivity index (χ4v) is 4.13. The van der Waals surface area contributed by atoms with Crippen molar-refractivity contribution in [2.24, 2.45) is 0 Å². The second-order valence-corrected chi connectivity index (χ2v) is 9.03. The van der Waals surface area contributed by atoms with Crippen LogP contribution in [0.3, 0.4) is 0 Å². The van der Waals surface area contributed by atoms with Gasteiger partial charge < -0.3 is 30.5 Å². The normalized spacial score (nSPS) is 15.8. The van der Waals surface area contributed by atoms with Gasteiger partial charge in [0.15, 0.2) is 11.5 Å². The number of rotatable bonds is 7. The van der Waals surface area contributed by atoms with E-state index in [1.807, 2.05) is 12.1 Å². The van der Waals surface area contributed by atoms with E-state index in [1.165, 1.54) is 17.5 Å². The molecule has 0 saturated carbocycles. The predicted molar refractivity (Wildman–Crippen MR) is 137 cm³/mol. The standard InChI is InChI=1S/C26H27N3O3.C2HF3O2/c30-26(22-7-8-24-25(13-22)32-17-31-24)29-15-19-4-2-6-21(12-19)20-5-1-3-18(11-20)14-28-23-9-10-27-16-23;3-2(4,5)1(6)7/h1-8,11-13,23,27-28H,9-10,14-17H2,(H,29,30);(H,6,7). The highest BCUT2D eigenvalue weighted by Gasteiger charge is 2.38. The molecule has 3 aromatic rings. The number of carboxylic acids is 1. The third kappa shape index (κ3) is 7.95. The van der Waals surface area contributed by atoms with Crippen molar-refractivity contribution in [3.63, 3.8) is 0 Å². The monoisotopic (exact) mass is 543 g/mol. The van der Waals surface area contributed by atoms with Crippen LogP contribution < -0.4 is 25.4 Å². The lowest BCUT2D eigenvalue weighted by Gasteiger charge is -2.12. The molecule has 2 heterocycles. The van der Waals surface area contributed by atoms with Crippen LogP contribution in [0.25, 0.3) is 11.1 Å². The van der Waals surface area contributed by atoms with E-state index in [9.17, 15) is 18.0 Å². The maximum absolute atomic E-state index is 12.6. The minimum Gasteiger partial charge on any atom is -0.475 e. The second kappa shape index (κ2) is 12.6. The van der Waals surface area contributed by atoms with Crippen LogP contribution in [0.2, 0.25) is 0 Å². The Morgan fingerprint density at radius 3 is 2.18 bits per heavy atom. The van der Waals surface area contributed by atoms with Gasteiger partial charge in [0.2, 0.25) is 6.79 Å². The molecule has 3 aromatic carbocycles. The largest absolute Gasteiger partial charge is 0.490 e. The number of carbonyl (C=O) groups is 2. The van der Waals surface area contributed by atoms with Gasteiger partial charge >= 0.3 is 12.1 Å². The Balaban J connectivity index is 0.000000448. The lowest BCUT2D eigenvalue weighted by atomic mass is 10.0.